The van der Waals surface area contributed by atoms with Gasteiger partial charge in [0.05, 0.1) is 0 Å². The number of hydrogen-bond acceptors (Lipinski definition) is 2. The highest BCUT2D eigenvalue weighted by Gasteiger charge is 1.89. The summed E-state index contributed by atoms with van der Waals surface area (Å²) < 4.78 is 0. The number of carbonyl (C=O) groups is 1. The van der Waals surface area contributed by atoms with Crippen LogP contribution in [0.2, 0.25) is 0 Å². The summed E-state index contributed by atoms with van der Waals surface area (Å²) in [6.07, 6.45) is 3.04. The monoisotopic (exact) mass is 171 g/mol. The highest BCUT2D eigenvalue weighted by Crippen LogP contribution is 1.97. The number of pyridine rings is 1. The Morgan fingerprint density at radius 2 is 2.27 bits per heavy atom. The zero-order valence-corrected chi connectivity index (χ0v) is 7.10. The fourth-order valence-corrected chi connectivity index (χ4v) is 0.705. The second kappa shape index (κ2) is 4.85. The molecule has 1 aromatic heterocycles. The van der Waals surface area contributed by atoms with Gasteiger partial charge in [0, 0.05) is 18.3 Å². The Morgan fingerprint density at radius 1 is 1.55 bits per heavy atom. The van der Waals surface area contributed by atoms with E-state index in [1.807, 2.05) is 19.1 Å². The average Bonchev–Trinajstić information content (AvgIpc) is 1.95. The second-order valence-electron chi connectivity index (χ2n) is 2.20. The maximum atomic E-state index is 10.0. The van der Waals surface area contributed by atoms with Crippen molar-refractivity contribution in [2.24, 2.45) is 0 Å². The molecule has 0 bridgehead atoms. The van der Waals surface area contributed by atoms with Crippen LogP contribution in [-0.2, 0) is 11.2 Å². The number of aryl methyl sites for hydroxylation is 1. The number of rotatable bonds is 2. The molecule has 60 valence electrons. The minimum Gasteiger partial charge on any atom is -0.303 e. The van der Waals surface area contributed by atoms with E-state index in [0.717, 1.165) is 17.5 Å². The van der Waals surface area contributed by atoms with Crippen molar-refractivity contribution in [1.82, 2.24) is 4.98 Å². The van der Waals surface area contributed by atoms with E-state index in [2.05, 4.69) is 4.98 Å². The first-order chi connectivity index (χ1) is 4.83. The second-order valence-corrected chi connectivity index (χ2v) is 2.20. The summed E-state index contributed by atoms with van der Waals surface area (Å²) in [6.45, 7) is 1.97. The van der Waals surface area contributed by atoms with E-state index in [4.69, 9.17) is 0 Å². The molecule has 0 N–H and O–H groups in total. The molecular weight excluding hydrogens is 162 g/mol. The van der Waals surface area contributed by atoms with Crippen molar-refractivity contribution in [1.29, 1.82) is 0 Å². The van der Waals surface area contributed by atoms with Crippen LogP contribution in [0.1, 0.15) is 11.3 Å². The summed E-state index contributed by atoms with van der Waals surface area (Å²) >= 11 is 0. The van der Waals surface area contributed by atoms with Gasteiger partial charge in [0.2, 0.25) is 0 Å². The van der Waals surface area contributed by atoms with Gasteiger partial charge in [-0.1, -0.05) is 6.07 Å². The molecule has 2 nitrogen and oxygen atoms in total. The summed E-state index contributed by atoms with van der Waals surface area (Å²) in [6, 6.07) is 3.82. The normalized spacial score (nSPS) is 8.45. The van der Waals surface area contributed by atoms with Crippen molar-refractivity contribution < 1.29 is 4.79 Å². The smallest absolute Gasteiger partial charge is 0.125 e. The van der Waals surface area contributed by atoms with Gasteiger partial charge in [-0.25, -0.2) is 0 Å². The molecule has 0 aromatic carbocycles. The number of hydrogen-bond donors (Lipinski definition) is 0. The third-order valence-corrected chi connectivity index (χ3v) is 1.27. The van der Waals surface area contributed by atoms with Gasteiger partial charge in [0.25, 0.3) is 0 Å². The lowest BCUT2D eigenvalue weighted by Crippen LogP contribution is -1.89. The first-order valence-electron chi connectivity index (χ1n) is 3.18. The molecule has 0 amide bonds. The summed E-state index contributed by atoms with van der Waals surface area (Å²) in [5.41, 5.74) is 1.95. The quantitative estimate of drug-likeness (QED) is 0.632. The van der Waals surface area contributed by atoms with Gasteiger partial charge in [-0.3, -0.25) is 4.98 Å². The van der Waals surface area contributed by atoms with E-state index in [1.54, 1.807) is 6.20 Å². The van der Waals surface area contributed by atoms with Crippen LogP contribution in [-0.4, -0.2) is 11.3 Å². The number of halogens is 1. The minimum atomic E-state index is 0. The van der Waals surface area contributed by atoms with Crippen molar-refractivity contribution in [3.05, 3.63) is 29.6 Å². The van der Waals surface area contributed by atoms with Crippen molar-refractivity contribution in [3.8, 4) is 0 Å². The Morgan fingerprint density at radius 3 is 2.73 bits per heavy atom. The van der Waals surface area contributed by atoms with Crippen LogP contribution in [0.15, 0.2) is 18.3 Å². The maximum absolute atomic E-state index is 10.0. The summed E-state index contributed by atoms with van der Waals surface area (Å²) in [5.74, 6) is 0. The Bertz CT molecular complexity index is 220. The highest BCUT2D eigenvalue weighted by molar-refractivity contribution is 5.85. The summed E-state index contributed by atoms with van der Waals surface area (Å²) in [5, 5.41) is 0. The first kappa shape index (κ1) is 10.1. The molecule has 11 heavy (non-hydrogen) atoms. The molecule has 0 aliphatic rings. The van der Waals surface area contributed by atoms with Crippen molar-refractivity contribution in [2.75, 3.05) is 0 Å². The molecule has 0 atom stereocenters. The van der Waals surface area contributed by atoms with E-state index >= 15 is 0 Å². The molecule has 1 rings (SSSR count). The molecule has 0 unspecified atom stereocenters. The predicted octanol–water partition coefficient (Wildman–Crippen LogP) is 1.55. The Balaban J connectivity index is 0.000001000. The predicted molar refractivity (Wildman–Crippen MR) is 46.0 cm³/mol. The molecule has 0 aliphatic heterocycles. The van der Waals surface area contributed by atoms with Gasteiger partial charge in [-0.2, -0.15) is 0 Å². The largest absolute Gasteiger partial charge is 0.303 e. The molecule has 1 heterocycles. The van der Waals surface area contributed by atoms with Crippen LogP contribution in [0.3, 0.4) is 0 Å². The maximum Gasteiger partial charge on any atom is 0.125 e. The Kier molecular flexibility index (Phi) is 4.46. The SMILES string of the molecule is Cc1ccc(CC=O)nc1.Cl. The van der Waals surface area contributed by atoms with Gasteiger partial charge in [-0.05, 0) is 18.6 Å². The van der Waals surface area contributed by atoms with E-state index in [9.17, 15) is 4.79 Å². The number of nitrogens with zero attached hydrogens (tertiary/aromatic N) is 1. The molecule has 0 fully saturated rings. The molecule has 1 aromatic rings. The highest BCUT2D eigenvalue weighted by atomic mass is 35.5. The molecule has 3 heteroatoms. The molecular formula is C8H10ClNO. The zero-order chi connectivity index (χ0) is 7.40. The van der Waals surface area contributed by atoms with Gasteiger partial charge in [0.1, 0.15) is 6.29 Å². The lowest BCUT2D eigenvalue weighted by molar-refractivity contribution is -0.107. The zero-order valence-electron chi connectivity index (χ0n) is 6.28. The lowest BCUT2D eigenvalue weighted by Gasteiger charge is -1.93. The standard InChI is InChI=1S/C8H9NO.ClH/c1-7-2-3-8(4-5-10)9-6-7;/h2-3,5-6H,4H2,1H3;1H. The lowest BCUT2D eigenvalue weighted by atomic mass is 10.2. The summed E-state index contributed by atoms with van der Waals surface area (Å²) in [7, 11) is 0. The topological polar surface area (TPSA) is 30.0 Å². The van der Waals surface area contributed by atoms with Crippen molar-refractivity contribution >= 4 is 18.7 Å². The van der Waals surface area contributed by atoms with E-state index in [1.165, 1.54) is 0 Å². The average molecular weight is 172 g/mol. The Labute approximate surface area is 72.1 Å². The van der Waals surface area contributed by atoms with Crippen LogP contribution >= 0.6 is 12.4 Å². The fraction of sp³-hybridized carbons (Fsp3) is 0.250. The van der Waals surface area contributed by atoms with Crippen LogP contribution in [0.4, 0.5) is 0 Å². The minimum absolute atomic E-state index is 0. The molecule has 0 aliphatic carbocycles. The summed E-state index contributed by atoms with van der Waals surface area (Å²) in [4.78, 5) is 14.1. The van der Waals surface area contributed by atoms with E-state index in [0.29, 0.717) is 6.42 Å². The van der Waals surface area contributed by atoms with E-state index < -0.39 is 0 Å². The Hall–Kier alpha value is -0.890. The van der Waals surface area contributed by atoms with Gasteiger partial charge in [0.15, 0.2) is 0 Å². The van der Waals surface area contributed by atoms with Crippen molar-refractivity contribution in [2.45, 2.75) is 13.3 Å². The fourth-order valence-electron chi connectivity index (χ4n) is 0.705. The van der Waals surface area contributed by atoms with Gasteiger partial charge >= 0.3 is 0 Å². The van der Waals surface area contributed by atoms with Crippen LogP contribution in [0.25, 0.3) is 0 Å². The first-order valence-corrected chi connectivity index (χ1v) is 3.18. The van der Waals surface area contributed by atoms with Crippen LogP contribution in [0.5, 0.6) is 0 Å². The molecule has 0 saturated heterocycles. The van der Waals surface area contributed by atoms with Crippen LogP contribution in [0, 0.1) is 6.92 Å². The number of aromatic nitrogens is 1. The van der Waals surface area contributed by atoms with Gasteiger partial charge < -0.3 is 4.79 Å². The van der Waals surface area contributed by atoms with E-state index in [-0.39, 0.29) is 12.4 Å². The van der Waals surface area contributed by atoms with Crippen molar-refractivity contribution in [3.63, 3.8) is 0 Å². The van der Waals surface area contributed by atoms with Gasteiger partial charge in [-0.15, -0.1) is 12.4 Å². The molecule has 0 saturated carbocycles. The number of carbonyl (C=O) groups excluding carboxylic acids is 1. The molecule has 0 spiro atoms. The van der Waals surface area contributed by atoms with Crippen LogP contribution < -0.4 is 0 Å². The third kappa shape index (κ3) is 3.14. The third-order valence-electron chi connectivity index (χ3n) is 1.27. The number of aldehydes is 1. The molecule has 0 radical (unpaired) electrons.